The molecule has 2 amide bonds. The highest BCUT2D eigenvalue weighted by Gasteiger charge is 2.35. The largest absolute Gasteiger partial charge is 0.352 e. The van der Waals surface area contributed by atoms with E-state index in [4.69, 9.17) is 0 Å². The first-order valence-electron chi connectivity index (χ1n) is 14.9. The number of hydrogen-bond donors (Lipinski definition) is 1. The Morgan fingerprint density at radius 2 is 1.47 bits per heavy atom. The van der Waals surface area contributed by atoms with Crippen LogP contribution in [0, 0.1) is 5.82 Å². The Balaban J connectivity index is 1.56. The Labute approximate surface area is 272 Å². The molecule has 0 aromatic heterocycles. The lowest BCUT2D eigenvalue weighted by molar-refractivity contribution is -0.140. The predicted molar refractivity (Wildman–Crippen MR) is 176 cm³/mol. The minimum absolute atomic E-state index is 0.0134. The van der Waals surface area contributed by atoms with Crippen LogP contribution >= 0.6 is 15.9 Å². The summed E-state index contributed by atoms with van der Waals surface area (Å²) in [7, 11) is -4.24. The average Bonchev–Trinajstić information content (AvgIpc) is 3.56. The number of carbonyl (C=O) groups excluding carboxylic acids is 2. The molecule has 0 saturated heterocycles. The summed E-state index contributed by atoms with van der Waals surface area (Å²) in [6, 6.07) is 28.7. The molecule has 0 aliphatic heterocycles. The molecule has 0 bridgehead atoms. The fraction of sp³-hybridized carbons (Fsp3) is 0.257. The zero-order chi connectivity index (χ0) is 31.8. The molecule has 4 aromatic carbocycles. The molecule has 0 spiro atoms. The van der Waals surface area contributed by atoms with Crippen LogP contribution in [0.25, 0.3) is 0 Å². The molecule has 1 aliphatic rings. The summed E-state index contributed by atoms with van der Waals surface area (Å²) < 4.78 is 43.7. The summed E-state index contributed by atoms with van der Waals surface area (Å²) in [6.45, 7) is -0.532. The van der Waals surface area contributed by atoms with Crippen LogP contribution in [0.5, 0.6) is 0 Å². The number of amides is 2. The summed E-state index contributed by atoms with van der Waals surface area (Å²) in [5.41, 5.74) is 1.76. The topological polar surface area (TPSA) is 86.8 Å². The van der Waals surface area contributed by atoms with Gasteiger partial charge in [-0.3, -0.25) is 13.9 Å². The lowest BCUT2D eigenvalue weighted by Gasteiger charge is -2.34. The van der Waals surface area contributed by atoms with Crippen molar-refractivity contribution in [2.75, 3.05) is 10.8 Å². The SMILES string of the molecule is O=C(NC1CCCC1)[C@@H](Cc1ccccc1)N(Cc1cccc(Br)c1)C(=O)CN(c1ccc(F)cc1)S(=O)(=O)c1ccccc1. The van der Waals surface area contributed by atoms with Crippen LogP contribution in [-0.2, 0) is 32.6 Å². The number of benzene rings is 4. The van der Waals surface area contributed by atoms with Gasteiger partial charge in [-0.1, -0.05) is 89.4 Å². The molecule has 0 heterocycles. The van der Waals surface area contributed by atoms with Crippen molar-refractivity contribution in [2.45, 2.75) is 55.6 Å². The van der Waals surface area contributed by atoms with Gasteiger partial charge in [0.1, 0.15) is 18.4 Å². The van der Waals surface area contributed by atoms with E-state index in [0.29, 0.717) is 0 Å². The van der Waals surface area contributed by atoms with Crippen LogP contribution < -0.4 is 9.62 Å². The first kappa shape index (κ1) is 32.4. The number of rotatable bonds is 12. The Bertz CT molecular complexity index is 1700. The number of anilines is 1. The molecule has 1 aliphatic carbocycles. The zero-order valence-corrected chi connectivity index (χ0v) is 27.1. The van der Waals surface area contributed by atoms with Crippen molar-refractivity contribution < 1.29 is 22.4 Å². The molecule has 4 aromatic rings. The molecule has 1 atom stereocenters. The Kier molecular flexibility index (Phi) is 10.7. The third kappa shape index (κ3) is 8.38. The quantitative estimate of drug-likeness (QED) is 0.184. The van der Waals surface area contributed by atoms with E-state index in [1.807, 2.05) is 54.6 Å². The van der Waals surface area contributed by atoms with E-state index in [2.05, 4.69) is 21.2 Å². The molecule has 7 nitrogen and oxygen atoms in total. The smallest absolute Gasteiger partial charge is 0.264 e. The second-order valence-corrected chi connectivity index (χ2v) is 13.9. The van der Waals surface area contributed by atoms with Gasteiger partial charge in [0.2, 0.25) is 11.8 Å². The third-order valence-electron chi connectivity index (χ3n) is 7.94. The third-order valence-corrected chi connectivity index (χ3v) is 10.2. The van der Waals surface area contributed by atoms with Crippen molar-refractivity contribution in [3.05, 3.63) is 131 Å². The molecule has 1 saturated carbocycles. The standard InChI is InChI=1S/C35H35BrFN3O4S/c36-28-13-9-12-27(22-28)24-39(33(23-26-10-3-1-4-11-26)35(42)38-30-14-7-8-15-30)34(41)25-40(31-20-18-29(37)19-21-31)45(43,44)32-16-5-2-6-17-32/h1-6,9-13,16-22,30,33H,7-8,14-15,23-25H2,(H,38,42)/t33-/m1/s1. The maximum atomic E-state index is 14.5. The molecule has 0 unspecified atom stereocenters. The van der Waals surface area contributed by atoms with Crippen molar-refractivity contribution in [1.82, 2.24) is 10.2 Å². The van der Waals surface area contributed by atoms with Crippen LogP contribution in [0.2, 0.25) is 0 Å². The lowest BCUT2D eigenvalue weighted by atomic mass is 10.0. The summed E-state index contributed by atoms with van der Waals surface area (Å²) in [4.78, 5) is 30.0. The molecular weight excluding hydrogens is 657 g/mol. The van der Waals surface area contributed by atoms with Crippen LogP contribution in [0.15, 0.2) is 119 Å². The highest BCUT2D eigenvalue weighted by molar-refractivity contribution is 9.10. The van der Waals surface area contributed by atoms with Crippen LogP contribution in [0.3, 0.4) is 0 Å². The molecule has 45 heavy (non-hydrogen) atoms. The Morgan fingerprint density at radius 1 is 0.844 bits per heavy atom. The molecule has 1 fully saturated rings. The van der Waals surface area contributed by atoms with E-state index in [1.165, 1.54) is 29.2 Å². The number of halogens is 2. The molecular formula is C35H35BrFN3O4S. The summed E-state index contributed by atoms with van der Waals surface area (Å²) in [5.74, 6) is -1.39. The van der Waals surface area contributed by atoms with Gasteiger partial charge in [0, 0.05) is 23.5 Å². The maximum absolute atomic E-state index is 14.5. The normalized spacial score (nSPS) is 14.1. The van der Waals surface area contributed by atoms with Crippen molar-refractivity contribution in [2.24, 2.45) is 0 Å². The monoisotopic (exact) mass is 691 g/mol. The number of sulfonamides is 1. The van der Waals surface area contributed by atoms with Crippen molar-refractivity contribution in [3.8, 4) is 0 Å². The first-order chi connectivity index (χ1) is 21.7. The van der Waals surface area contributed by atoms with Gasteiger partial charge in [-0.2, -0.15) is 0 Å². The Morgan fingerprint density at radius 3 is 2.11 bits per heavy atom. The van der Waals surface area contributed by atoms with E-state index in [-0.39, 0.29) is 35.5 Å². The van der Waals surface area contributed by atoms with Gasteiger partial charge in [-0.15, -0.1) is 0 Å². The summed E-state index contributed by atoms with van der Waals surface area (Å²) in [6.07, 6.45) is 4.03. The number of nitrogens with one attached hydrogen (secondary N) is 1. The second-order valence-electron chi connectivity index (χ2n) is 11.1. The van der Waals surface area contributed by atoms with Gasteiger partial charge in [-0.25, -0.2) is 12.8 Å². The maximum Gasteiger partial charge on any atom is 0.264 e. The summed E-state index contributed by atoms with van der Waals surface area (Å²) >= 11 is 3.49. The number of hydrogen-bond acceptors (Lipinski definition) is 4. The van der Waals surface area contributed by atoms with E-state index in [1.54, 1.807) is 18.2 Å². The van der Waals surface area contributed by atoms with Gasteiger partial charge in [0.25, 0.3) is 10.0 Å². The van der Waals surface area contributed by atoms with E-state index in [9.17, 15) is 22.4 Å². The van der Waals surface area contributed by atoms with Crippen molar-refractivity contribution in [1.29, 1.82) is 0 Å². The van der Waals surface area contributed by atoms with Gasteiger partial charge >= 0.3 is 0 Å². The average molecular weight is 693 g/mol. The molecule has 10 heteroatoms. The second kappa shape index (κ2) is 14.8. The lowest BCUT2D eigenvalue weighted by Crippen LogP contribution is -2.54. The fourth-order valence-corrected chi connectivity index (χ4v) is 7.49. The first-order valence-corrected chi connectivity index (χ1v) is 17.2. The zero-order valence-electron chi connectivity index (χ0n) is 24.7. The van der Waals surface area contributed by atoms with Crippen LogP contribution in [0.1, 0.15) is 36.8 Å². The van der Waals surface area contributed by atoms with Crippen LogP contribution in [-0.4, -0.2) is 43.8 Å². The van der Waals surface area contributed by atoms with Gasteiger partial charge in [-0.05, 0) is 72.5 Å². The van der Waals surface area contributed by atoms with Gasteiger partial charge in [0.15, 0.2) is 0 Å². The van der Waals surface area contributed by atoms with Gasteiger partial charge in [0.05, 0.1) is 10.6 Å². The Hall–Kier alpha value is -4.02. The minimum atomic E-state index is -4.24. The van der Waals surface area contributed by atoms with E-state index in [0.717, 1.165) is 57.7 Å². The van der Waals surface area contributed by atoms with Crippen molar-refractivity contribution >= 4 is 43.5 Å². The fourth-order valence-electron chi connectivity index (χ4n) is 5.61. The van der Waals surface area contributed by atoms with E-state index < -0.39 is 34.3 Å². The predicted octanol–water partition coefficient (Wildman–Crippen LogP) is 6.48. The number of carbonyl (C=O) groups is 2. The molecule has 5 rings (SSSR count). The number of nitrogens with zero attached hydrogens (tertiary/aromatic N) is 2. The summed E-state index contributed by atoms with van der Waals surface area (Å²) in [5, 5.41) is 3.16. The van der Waals surface area contributed by atoms with Crippen molar-refractivity contribution in [3.63, 3.8) is 0 Å². The van der Waals surface area contributed by atoms with E-state index >= 15 is 0 Å². The molecule has 1 N–H and O–H groups in total. The highest BCUT2D eigenvalue weighted by atomic mass is 79.9. The van der Waals surface area contributed by atoms with Gasteiger partial charge < -0.3 is 10.2 Å². The minimum Gasteiger partial charge on any atom is -0.352 e. The highest BCUT2D eigenvalue weighted by Crippen LogP contribution is 2.26. The van der Waals surface area contributed by atoms with Crippen LogP contribution in [0.4, 0.5) is 10.1 Å². The molecule has 234 valence electrons. The molecule has 0 radical (unpaired) electrons.